The molecule has 0 bridgehead atoms. The minimum Gasteiger partial charge on any atom is -0.497 e. The lowest BCUT2D eigenvalue weighted by atomic mass is 10.1. The monoisotopic (exact) mass is 391 g/mol. The summed E-state index contributed by atoms with van der Waals surface area (Å²) in [7, 11) is 1.63. The Morgan fingerprint density at radius 1 is 1.21 bits per heavy atom. The Labute approximate surface area is 170 Å². The molecule has 1 N–H and O–H groups in total. The predicted molar refractivity (Wildman–Crippen MR) is 111 cm³/mol. The second kappa shape index (κ2) is 8.92. The van der Waals surface area contributed by atoms with Gasteiger partial charge in [-0.3, -0.25) is 9.48 Å². The van der Waals surface area contributed by atoms with Gasteiger partial charge in [-0.25, -0.2) is 0 Å². The lowest BCUT2D eigenvalue weighted by Gasteiger charge is -2.10. The smallest absolute Gasteiger partial charge is 0.255 e. The zero-order valence-electron chi connectivity index (χ0n) is 16.5. The van der Waals surface area contributed by atoms with Crippen molar-refractivity contribution in [3.8, 4) is 17.0 Å². The van der Waals surface area contributed by atoms with Gasteiger partial charge in [0.2, 0.25) is 0 Å². The van der Waals surface area contributed by atoms with Crippen molar-refractivity contribution in [1.82, 2.24) is 15.1 Å². The molecule has 1 aliphatic rings. The topological polar surface area (TPSA) is 65.4 Å². The number of amides is 1. The Morgan fingerprint density at radius 2 is 2.00 bits per heavy atom. The first-order valence-electron chi connectivity index (χ1n) is 9.88. The molecule has 2 aromatic carbocycles. The fourth-order valence-corrected chi connectivity index (χ4v) is 3.51. The summed E-state index contributed by atoms with van der Waals surface area (Å²) in [5.41, 5.74) is 3.22. The minimum atomic E-state index is -0.134. The van der Waals surface area contributed by atoms with Crippen molar-refractivity contribution in [1.29, 1.82) is 0 Å². The third-order valence-corrected chi connectivity index (χ3v) is 5.07. The van der Waals surface area contributed by atoms with Crippen LogP contribution in [0, 0.1) is 0 Å². The van der Waals surface area contributed by atoms with Gasteiger partial charge in [0, 0.05) is 24.9 Å². The first kappa shape index (κ1) is 19.2. The maximum atomic E-state index is 12.9. The summed E-state index contributed by atoms with van der Waals surface area (Å²) in [6, 6.07) is 17.7. The van der Waals surface area contributed by atoms with Gasteiger partial charge in [0.1, 0.15) is 11.4 Å². The SMILES string of the molecule is COc1ccc(-c2nn(Cc3ccccc3)cc2C(=O)NCC2CCCO2)cc1. The Kier molecular flexibility index (Phi) is 5.91. The van der Waals surface area contributed by atoms with Crippen LogP contribution in [0.3, 0.4) is 0 Å². The Morgan fingerprint density at radius 3 is 2.69 bits per heavy atom. The van der Waals surface area contributed by atoms with Crippen LogP contribution in [-0.2, 0) is 11.3 Å². The molecular formula is C23H25N3O3. The predicted octanol–water partition coefficient (Wildman–Crippen LogP) is 3.52. The van der Waals surface area contributed by atoms with E-state index >= 15 is 0 Å². The van der Waals surface area contributed by atoms with Crippen molar-refractivity contribution < 1.29 is 14.3 Å². The van der Waals surface area contributed by atoms with Crippen LogP contribution in [0.1, 0.15) is 28.8 Å². The molecule has 3 aromatic rings. The molecule has 4 rings (SSSR count). The van der Waals surface area contributed by atoms with Crippen molar-refractivity contribution >= 4 is 5.91 Å². The van der Waals surface area contributed by atoms with Crippen molar-refractivity contribution in [3.63, 3.8) is 0 Å². The number of methoxy groups -OCH3 is 1. The van der Waals surface area contributed by atoms with E-state index in [4.69, 9.17) is 14.6 Å². The number of nitrogens with zero attached hydrogens (tertiary/aromatic N) is 2. The molecule has 1 aromatic heterocycles. The van der Waals surface area contributed by atoms with Gasteiger partial charge in [0.25, 0.3) is 5.91 Å². The van der Waals surface area contributed by atoms with Gasteiger partial charge in [-0.2, -0.15) is 5.10 Å². The molecule has 6 heteroatoms. The minimum absolute atomic E-state index is 0.0998. The number of carbonyl (C=O) groups excluding carboxylic acids is 1. The van der Waals surface area contributed by atoms with E-state index in [2.05, 4.69) is 5.32 Å². The summed E-state index contributed by atoms with van der Waals surface area (Å²) in [5.74, 6) is 0.632. The number of aromatic nitrogens is 2. The number of benzene rings is 2. The van der Waals surface area contributed by atoms with Gasteiger partial charge >= 0.3 is 0 Å². The third-order valence-electron chi connectivity index (χ3n) is 5.07. The lowest BCUT2D eigenvalue weighted by Crippen LogP contribution is -2.31. The molecule has 1 saturated heterocycles. The van der Waals surface area contributed by atoms with Crippen LogP contribution in [0.4, 0.5) is 0 Å². The van der Waals surface area contributed by atoms with E-state index in [1.165, 1.54) is 0 Å². The summed E-state index contributed by atoms with van der Waals surface area (Å²) in [4.78, 5) is 12.9. The largest absolute Gasteiger partial charge is 0.497 e. The van der Waals surface area contributed by atoms with Crippen LogP contribution < -0.4 is 10.1 Å². The standard InChI is InChI=1S/C23H25N3O3/c1-28-19-11-9-18(10-12-19)22-21(23(27)24-14-20-8-5-13-29-20)16-26(25-22)15-17-6-3-2-4-7-17/h2-4,6-7,9-12,16,20H,5,8,13-15H2,1H3,(H,24,27). The summed E-state index contributed by atoms with van der Waals surface area (Å²) >= 11 is 0. The summed E-state index contributed by atoms with van der Waals surface area (Å²) in [5, 5.41) is 7.72. The number of carbonyl (C=O) groups is 1. The molecule has 1 amide bonds. The number of hydrogen-bond acceptors (Lipinski definition) is 4. The highest BCUT2D eigenvalue weighted by Crippen LogP contribution is 2.25. The second-order valence-electron chi connectivity index (χ2n) is 7.15. The first-order chi connectivity index (χ1) is 14.2. The highest BCUT2D eigenvalue weighted by atomic mass is 16.5. The number of ether oxygens (including phenoxy) is 2. The van der Waals surface area contributed by atoms with Crippen molar-refractivity contribution in [2.75, 3.05) is 20.3 Å². The summed E-state index contributed by atoms with van der Waals surface area (Å²) < 4.78 is 12.7. The van der Waals surface area contributed by atoms with E-state index in [1.54, 1.807) is 7.11 Å². The molecule has 29 heavy (non-hydrogen) atoms. The lowest BCUT2D eigenvalue weighted by molar-refractivity contribution is 0.0858. The van der Waals surface area contributed by atoms with Crippen molar-refractivity contribution in [2.24, 2.45) is 0 Å². The molecular weight excluding hydrogens is 366 g/mol. The van der Waals surface area contributed by atoms with E-state index in [-0.39, 0.29) is 12.0 Å². The van der Waals surface area contributed by atoms with Crippen molar-refractivity contribution in [2.45, 2.75) is 25.5 Å². The van der Waals surface area contributed by atoms with Gasteiger partial charge < -0.3 is 14.8 Å². The molecule has 1 aliphatic heterocycles. The van der Waals surface area contributed by atoms with Gasteiger partial charge in [-0.15, -0.1) is 0 Å². The zero-order chi connectivity index (χ0) is 20.1. The number of nitrogens with one attached hydrogen (secondary N) is 1. The average molecular weight is 391 g/mol. The normalized spacial score (nSPS) is 16.0. The van der Waals surface area contributed by atoms with E-state index < -0.39 is 0 Å². The van der Waals surface area contributed by atoms with Crippen LogP contribution in [0.25, 0.3) is 11.3 Å². The Balaban J connectivity index is 1.60. The van der Waals surface area contributed by atoms with Crippen LogP contribution >= 0.6 is 0 Å². The quantitative estimate of drug-likeness (QED) is 0.669. The fraction of sp³-hybridized carbons (Fsp3) is 0.304. The number of hydrogen-bond donors (Lipinski definition) is 1. The number of rotatable bonds is 7. The molecule has 0 radical (unpaired) electrons. The van der Waals surface area contributed by atoms with Crippen LogP contribution in [-0.4, -0.2) is 42.1 Å². The fourth-order valence-electron chi connectivity index (χ4n) is 3.51. The van der Waals surface area contributed by atoms with Crippen LogP contribution in [0.15, 0.2) is 60.8 Å². The van der Waals surface area contributed by atoms with Gasteiger partial charge in [-0.05, 0) is 42.7 Å². The third kappa shape index (κ3) is 4.66. The molecule has 150 valence electrons. The maximum Gasteiger partial charge on any atom is 0.255 e. The average Bonchev–Trinajstić information content (AvgIpc) is 3.43. The van der Waals surface area contributed by atoms with Crippen LogP contribution in [0.2, 0.25) is 0 Å². The molecule has 1 atom stereocenters. The van der Waals surface area contributed by atoms with Gasteiger partial charge in [0.05, 0.1) is 25.3 Å². The van der Waals surface area contributed by atoms with Gasteiger partial charge in [-0.1, -0.05) is 30.3 Å². The molecule has 0 saturated carbocycles. The first-order valence-corrected chi connectivity index (χ1v) is 9.88. The molecule has 2 heterocycles. The summed E-state index contributed by atoms with van der Waals surface area (Å²) in [6.45, 7) is 1.89. The maximum absolute atomic E-state index is 12.9. The Bertz CT molecular complexity index is 945. The molecule has 6 nitrogen and oxygen atoms in total. The summed E-state index contributed by atoms with van der Waals surface area (Å²) in [6.07, 6.45) is 3.95. The van der Waals surface area contributed by atoms with E-state index in [0.29, 0.717) is 24.3 Å². The molecule has 1 fully saturated rings. The molecule has 0 spiro atoms. The Hall–Kier alpha value is -3.12. The second-order valence-corrected chi connectivity index (χ2v) is 7.15. The van der Waals surface area contributed by atoms with E-state index in [1.807, 2.05) is 65.5 Å². The van der Waals surface area contributed by atoms with Gasteiger partial charge in [0.15, 0.2) is 0 Å². The van der Waals surface area contributed by atoms with E-state index in [9.17, 15) is 4.79 Å². The highest BCUT2D eigenvalue weighted by Gasteiger charge is 2.21. The van der Waals surface area contributed by atoms with E-state index in [0.717, 1.165) is 36.3 Å². The zero-order valence-corrected chi connectivity index (χ0v) is 16.5. The highest BCUT2D eigenvalue weighted by molar-refractivity contribution is 5.99. The van der Waals surface area contributed by atoms with Crippen molar-refractivity contribution in [3.05, 3.63) is 71.9 Å². The van der Waals surface area contributed by atoms with Crippen LogP contribution in [0.5, 0.6) is 5.75 Å². The molecule has 0 aliphatic carbocycles. The molecule has 1 unspecified atom stereocenters.